The number of carbonyl (C=O) groups excluding carboxylic acids is 5. The van der Waals surface area contributed by atoms with Gasteiger partial charge in [0.25, 0.3) is 5.91 Å². The molecule has 0 saturated heterocycles. The van der Waals surface area contributed by atoms with Crippen molar-refractivity contribution in [3.8, 4) is 11.3 Å². The highest BCUT2D eigenvalue weighted by atomic mass is 16.6. The lowest BCUT2D eigenvalue weighted by Crippen LogP contribution is -2.59. The van der Waals surface area contributed by atoms with Crippen molar-refractivity contribution in [3.63, 3.8) is 0 Å². The Balaban J connectivity index is 1.96. The standard InChI is InChI=1S/C40H54N6O8/c1-39(2,3)32(45-36(50)46-38(52)53-8)34(48)44-30(23-25-14-10-9-11-15-25)31(47)24-28(43-35(49)33(40(4,5)6)54-37(51)41-7)22-26-17-19-27(20-18-26)29-16-12-13-21-42-29/h9-21,28,30-33,47H,22-24H2,1-8H3,(H,41,51)(H,43,49)(H,44,48)(H2,45,46,50,52)/t28-,30-,31-,32+,33+/m0/s1. The number of aliphatic hydroxyl groups excluding tert-OH is 1. The molecular formula is C40H54N6O8. The number of imide groups is 1. The van der Waals surface area contributed by atoms with Gasteiger partial charge >= 0.3 is 18.2 Å². The second-order valence-electron chi connectivity index (χ2n) is 15.2. The number of urea groups is 1. The van der Waals surface area contributed by atoms with Gasteiger partial charge in [0.1, 0.15) is 6.04 Å². The summed E-state index contributed by atoms with van der Waals surface area (Å²) in [7, 11) is 2.51. The van der Waals surface area contributed by atoms with E-state index in [-0.39, 0.29) is 19.3 Å². The second-order valence-corrected chi connectivity index (χ2v) is 15.2. The highest BCUT2D eigenvalue weighted by molar-refractivity contribution is 5.94. The van der Waals surface area contributed by atoms with Crippen molar-refractivity contribution in [1.29, 1.82) is 0 Å². The number of methoxy groups -OCH3 is 1. The molecule has 1 heterocycles. The molecule has 3 rings (SSSR count). The first-order valence-corrected chi connectivity index (χ1v) is 17.8. The molecule has 0 aliphatic rings. The Morgan fingerprint density at radius 3 is 1.93 bits per heavy atom. The van der Waals surface area contributed by atoms with Crippen LogP contribution >= 0.6 is 0 Å². The fourth-order valence-electron chi connectivity index (χ4n) is 5.75. The van der Waals surface area contributed by atoms with Gasteiger partial charge in [-0.3, -0.25) is 14.6 Å². The first-order chi connectivity index (χ1) is 25.4. The van der Waals surface area contributed by atoms with Gasteiger partial charge < -0.3 is 35.8 Å². The number of pyridine rings is 1. The Kier molecular flexibility index (Phi) is 15.5. The SMILES string of the molecule is CNC(=O)O[C@H](C(=O)N[C@@H](Cc1ccc(-c2ccccn2)cc1)C[C@H](O)[C@H](Cc1ccccc1)NC(=O)[C@@H](NC(=O)NC(=O)OC)C(C)(C)C)C(C)(C)C. The monoisotopic (exact) mass is 746 g/mol. The average molecular weight is 747 g/mol. The van der Waals surface area contributed by atoms with Gasteiger partial charge in [0.05, 0.1) is 24.9 Å². The number of rotatable bonds is 14. The quantitative estimate of drug-likeness (QED) is 0.138. The van der Waals surface area contributed by atoms with Crippen LogP contribution in [0.25, 0.3) is 11.3 Å². The van der Waals surface area contributed by atoms with Crippen LogP contribution in [0.3, 0.4) is 0 Å². The zero-order valence-corrected chi connectivity index (χ0v) is 32.3. The van der Waals surface area contributed by atoms with Crippen molar-refractivity contribution in [1.82, 2.24) is 31.6 Å². The smallest absolute Gasteiger partial charge is 0.415 e. The van der Waals surface area contributed by atoms with Crippen LogP contribution in [0.15, 0.2) is 79.0 Å². The summed E-state index contributed by atoms with van der Waals surface area (Å²) in [5.74, 6) is -1.15. The van der Waals surface area contributed by atoms with E-state index in [2.05, 4.69) is 31.0 Å². The van der Waals surface area contributed by atoms with Crippen molar-refractivity contribution >= 4 is 30.0 Å². The minimum Gasteiger partial charge on any atom is -0.453 e. The summed E-state index contributed by atoms with van der Waals surface area (Å²) in [5, 5.41) is 24.8. The first-order valence-electron chi connectivity index (χ1n) is 17.8. The summed E-state index contributed by atoms with van der Waals surface area (Å²) < 4.78 is 9.99. The number of hydrogen-bond donors (Lipinski definition) is 6. The molecule has 0 spiro atoms. The van der Waals surface area contributed by atoms with E-state index in [0.29, 0.717) is 0 Å². The highest BCUT2D eigenvalue weighted by Gasteiger charge is 2.38. The zero-order valence-electron chi connectivity index (χ0n) is 32.3. The summed E-state index contributed by atoms with van der Waals surface area (Å²) in [4.78, 5) is 68.7. The molecule has 292 valence electrons. The highest BCUT2D eigenvalue weighted by Crippen LogP contribution is 2.25. The number of carbonyl (C=O) groups is 5. The largest absolute Gasteiger partial charge is 0.453 e. The van der Waals surface area contributed by atoms with Gasteiger partial charge in [-0.05, 0) is 47.9 Å². The van der Waals surface area contributed by atoms with Gasteiger partial charge in [-0.25, -0.2) is 19.7 Å². The Morgan fingerprint density at radius 2 is 1.37 bits per heavy atom. The number of benzene rings is 2. The molecule has 54 heavy (non-hydrogen) atoms. The fraction of sp³-hybridized carbons (Fsp3) is 0.450. The van der Waals surface area contributed by atoms with Crippen LogP contribution in [0.2, 0.25) is 0 Å². The van der Waals surface area contributed by atoms with Crippen LogP contribution < -0.4 is 26.6 Å². The topological polar surface area (TPSA) is 197 Å². The van der Waals surface area contributed by atoms with Crippen molar-refractivity contribution in [2.45, 2.75) is 91.1 Å². The molecule has 14 heteroatoms. The summed E-state index contributed by atoms with van der Waals surface area (Å²) in [6.07, 6.45) is -1.95. The van der Waals surface area contributed by atoms with Crippen molar-refractivity contribution in [2.24, 2.45) is 10.8 Å². The lowest BCUT2D eigenvalue weighted by atomic mass is 9.85. The number of amides is 6. The normalized spacial score (nSPS) is 14.2. The van der Waals surface area contributed by atoms with Crippen molar-refractivity contribution in [2.75, 3.05) is 14.2 Å². The summed E-state index contributed by atoms with van der Waals surface area (Å²) in [6, 6.07) is 18.9. The molecule has 0 aliphatic heterocycles. The number of nitrogens with zero attached hydrogens (tertiary/aromatic N) is 1. The first kappa shape index (κ1) is 42.9. The molecule has 14 nitrogen and oxygen atoms in total. The third-order valence-electron chi connectivity index (χ3n) is 8.62. The molecule has 6 N–H and O–H groups in total. The third-order valence-corrected chi connectivity index (χ3v) is 8.62. The predicted octanol–water partition coefficient (Wildman–Crippen LogP) is 4.51. The van der Waals surface area contributed by atoms with E-state index in [1.807, 2.05) is 78.1 Å². The van der Waals surface area contributed by atoms with Crippen molar-refractivity contribution < 1.29 is 38.6 Å². The maximum absolute atomic E-state index is 13.9. The summed E-state index contributed by atoms with van der Waals surface area (Å²) in [5.41, 5.74) is 1.79. The molecule has 5 atom stereocenters. The maximum Gasteiger partial charge on any atom is 0.415 e. The average Bonchev–Trinajstić information content (AvgIpc) is 3.12. The van der Waals surface area contributed by atoms with E-state index >= 15 is 0 Å². The van der Waals surface area contributed by atoms with E-state index in [9.17, 15) is 29.1 Å². The summed E-state index contributed by atoms with van der Waals surface area (Å²) >= 11 is 0. The van der Waals surface area contributed by atoms with Gasteiger partial charge in [0.15, 0.2) is 6.10 Å². The van der Waals surface area contributed by atoms with Crippen LogP contribution in [0.5, 0.6) is 0 Å². The van der Waals surface area contributed by atoms with E-state index in [4.69, 9.17) is 4.74 Å². The number of ether oxygens (including phenoxy) is 2. The number of aliphatic hydroxyl groups is 1. The maximum atomic E-state index is 13.9. The van der Waals surface area contributed by atoms with Gasteiger partial charge in [-0.1, -0.05) is 102 Å². The lowest BCUT2D eigenvalue weighted by molar-refractivity contribution is -0.136. The Hall–Kier alpha value is -5.50. The predicted molar refractivity (Wildman–Crippen MR) is 204 cm³/mol. The van der Waals surface area contributed by atoms with Gasteiger partial charge in [0, 0.05) is 30.3 Å². The van der Waals surface area contributed by atoms with Crippen LogP contribution in [0, 0.1) is 10.8 Å². The molecule has 0 radical (unpaired) electrons. The fourth-order valence-corrected chi connectivity index (χ4v) is 5.75. The van der Waals surface area contributed by atoms with E-state index in [1.165, 1.54) is 7.05 Å². The Labute approximate surface area is 317 Å². The minimum absolute atomic E-state index is 0.0151. The minimum atomic E-state index is -1.22. The Morgan fingerprint density at radius 1 is 0.741 bits per heavy atom. The second kappa shape index (κ2) is 19.5. The van der Waals surface area contributed by atoms with Crippen LogP contribution in [-0.4, -0.2) is 84.6 Å². The molecular weight excluding hydrogens is 692 g/mol. The van der Waals surface area contributed by atoms with Crippen molar-refractivity contribution in [3.05, 3.63) is 90.1 Å². The molecule has 1 aromatic heterocycles. The number of hydrogen-bond acceptors (Lipinski definition) is 9. The molecule has 2 aromatic carbocycles. The molecule has 3 aromatic rings. The van der Waals surface area contributed by atoms with Gasteiger partial charge in [-0.2, -0.15) is 0 Å². The van der Waals surface area contributed by atoms with Crippen LogP contribution in [0.1, 0.15) is 59.1 Å². The third kappa shape index (κ3) is 13.5. The number of aromatic nitrogens is 1. The molecule has 0 aliphatic carbocycles. The number of alkyl carbamates (subject to hydrolysis) is 2. The molecule has 0 bridgehead atoms. The molecule has 0 saturated carbocycles. The van der Waals surface area contributed by atoms with Gasteiger partial charge in [0.2, 0.25) is 5.91 Å². The van der Waals surface area contributed by atoms with E-state index < -0.39 is 71.2 Å². The molecule has 0 unspecified atom stereocenters. The molecule has 0 fully saturated rings. The zero-order chi connectivity index (χ0) is 40.1. The van der Waals surface area contributed by atoms with Gasteiger partial charge in [-0.15, -0.1) is 0 Å². The molecule has 6 amide bonds. The summed E-state index contributed by atoms with van der Waals surface area (Å²) in [6.45, 7) is 10.6. The van der Waals surface area contributed by atoms with Crippen LogP contribution in [-0.2, 0) is 31.9 Å². The van der Waals surface area contributed by atoms with E-state index in [0.717, 1.165) is 29.5 Å². The van der Waals surface area contributed by atoms with Crippen LogP contribution in [0.4, 0.5) is 14.4 Å². The Bertz CT molecular complexity index is 1690. The number of nitrogens with one attached hydrogen (secondary N) is 5. The lowest BCUT2D eigenvalue weighted by Gasteiger charge is -2.34. The van der Waals surface area contributed by atoms with E-state index in [1.54, 1.807) is 47.7 Å².